The van der Waals surface area contributed by atoms with E-state index in [9.17, 15) is 19.1 Å². The molecule has 2 aromatic rings. The molecule has 0 aliphatic carbocycles. The van der Waals surface area contributed by atoms with Crippen LogP contribution in [0, 0.1) is 5.82 Å². The molecule has 0 unspecified atom stereocenters. The van der Waals surface area contributed by atoms with Gasteiger partial charge in [-0.05, 0) is 35.4 Å². The van der Waals surface area contributed by atoms with Crippen LogP contribution >= 0.6 is 0 Å². The number of carboxylic acids is 1. The fourth-order valence-corrected chi connectivity index (χ4v) is 3.25. The summed E-state index contributed by atoms with van der Waals surface area (Å²) in [5.41, 5.74) is 1.41. The highest BCUT2D eigenvalue weighted by atomic mass is 19.1. The lowest BCUT2D eigenvalue weighted by molar-refractivity contribution is -0.148. The zero-order chi connectivity index (χ0) is 19.4. The molecule has 0 aromatic heterocycles. The predicted octanol–water partition coefficient (Wildman–Crippen LogP) is 2.30. The molecule has 0 saturated carbocycles. The van der Waals surface area contributed by atoms with Crippen molar-refractivity contribution >= 4 is 11.9 Å². The maximum atomic E-state index is 13.0. The van der Waals surface area contributed by atoms with Crippen molar-refractivity contribution in [3.05, 3.63) is 65.5 Å². The van der Waals surface area contributed by atoms with Crippen molar-refractivity contribution < 1.29 is 23.8 Å². The van der Waals surface area contributed by atoms with Crippen molar-refractivity contribution in [2.75, 3.05) is 26.7 Å². The van der Waals surface area contributed by atoms with E-state index in [1.165, 1.54) is 19.2 Å². The number of carbonyl (C=O) groups is 2. The number of ether oxygens (including phenoxy) is 1. The van der Waals surface area contributed by atoms with Crippen LogP contribution in [0.3, 0.4) is 0 Å². The van der Waals surface area contributed by atoms with Crippen LogP contribution in [0.15, 0.2) is 48.5 Å². The van der Waals surface area contributed by atoms with Gasteiger partial charge in [0.05, 0.1) is 13.7 Å². The van der Waals surface area contributed by atoms with Gasteiger partial charge in [-0.15, -0.1) is 0 Å². The molecular formula is C20H21FN2O4. The van der Waals surface area contributed by atoms with E-state index in [0.717, 1.165) is 5.56 Å². The first-order chi connectivity index (χ1) is 13.0. The van der Waals surface area contributed by atoms with Crippen LogP contribution in [0.1, 0.15) is 17.2 Å². The normalized spacial score (nSPS) is 16.2. The van der Waals surface area contributed by atoms with Crippen molar-refractivity contribution in [2.45, 2.75) is 12.6 Å². The van der Waals surface area contributed by atoms with Crippen LogP contribution in [0.2, 0.25) is 0 Å². The Labute approximate surface area is 156 Å². The lowest BCUT2D eigenvalue weighted by Crippen LogP contribution is -2.52. The summed E-state index contributed by atoms with van der Waals surface area (Å²) in [6, 6.07) is 12.0. The highest BCUT2D eigenvalue weighted by Crippen LogP contribution is 2.26. The summed E-state index contributed by atoms with van der Waals surface area (Å²) >= 11 is 0. The van der Waals surface area contributed by atoms with Gasteiger partial charge in [-0.3, -0.25) is 14.5 Å². The average Bonchev–Trinajstić information content (AvgIpc) is 2.65. The molecule has 7 heteroatoms. The van der Waals surface area contributed by atoms with Gasteiger partial charge < -0.3 is 14.7 Å². The summed E-state index contributed by atoms with van der Waals surface area (Å²) in [5, 5.41) is 9.71. The Kier molecular flexibility index (Phi) is 5.71. The molecule has 27 heavy (non-hydrogen) atoms. The molecule has 1 N–H and O–H groups in total. The number of benzene rings is 2. The van der Waals surface area contributed by atoms with Crippen LogP contribution in [0.4, 0.5) is 4.39 Å². The van der Waals surface area contributed by atoms with Gasteiger partial charge in [0.15, 0.2) is 0 Å². The van der Waals surface area contributed by atoms with Gasteiger partial charge in [-0.25, -0.2) is 4.39 Å². The molecule has 1 aliphatic rings. The minimum atomic E-state index is -1.01. The van der Waals surface area contributed by atoms with Gasteiger partial charge in [0.1, 0.15) is 17.6 Å². The molecule has 142 valence electrons. The lowest BCUT2D eigenvalue weighted by Gasteiger charge is -2.37. The summed E-state index contributed by atoms with van der Waals surface area (Å²) in [6.07, 6.45) is 0. The van der Waals surface area contributed by atoms with E-state index in [2.05, 4.69) is 0 Å². The van der Waals surface area contributed by atoms with Crippen LogP contribution in [-0.2, 0) is 16.1 Å². The Hall–Kier alpha value is -2.93. The van der Waals surface area contributed by atoms with E-state index < -0.39 is 12.0 Å². The van der Waals surface area contributed by atoms with Gasteiger partial charge in [0.25, 0.3) is 0 Å². The van der Waals surface area contributed by atoms with Gasteiger partial charge in [-0.2, -0.15) is 0 Å². The topological polar surface area (TPSA) is 70.1 Å². The van der Waals surface area contributed by atoms with Gasteiger partial charge >= 0.3 is 5.97 Å². The predicted molar refractivity (Wildman–Crippen MR) is 96.8 cm³/mol. The number of methoxy groups -OCH3 is 1. The molecule has 0 bridgehead atoms. The highest BCUT2D eigenvalue weighted by molar-refractivity contribution is 5.81. The molecule has 2 aromatic carbocycles. The number of carboxylic acid groups (broad SMARTS) is 1. The number of nitrogens with zero attached hydrogens (tertiary/aromatic N) is 2. The SMILES string of the molecule is COc1cccc([C@H](C(=O)O)N2CCN(Cc3ccc(F)cc3)C(=O)C2)c1. The van der Waals surface area contributed by atoms with Crippen molar-refractivity contribution in [1.29, 1.82) is 0 Å². The standard InChI is InChI=1S/C20H21FN2O4/c1-27-17-4-2-3-15(11-17)19(20(25)26)23-10-9-22(18(24)13-23)12-14-5-7-16(21)8-6-14/h2-8,11,19H,9-10,12-13H2,1H3,(H,25,26)/t19-/m1/s1. The number of rotatable bonds is 6. The van der Waals surface area contributed by atoms with Crippen molar-refractivity contribution in [3.8, 4) is 5.75 Å². The molecule has 3 rings (SSSR count). The Bertz CT molecular complexity index is 825. The summed E-state index contributed by atoms with van der Waals surface area (Å²) in [4.78, 5) is 27.7. The number of amides is 1. The quantitative estimate of drug-likeness (QED) is 0.843. The lowest BCUT2D eigenvalue weighted by atomic mass is 10.0. The first-order valence-corrected chi connectivity index (χ1v) is 8.61. The number of hydrogen-bond acceptors (Lipinski definition) is 4. The second-order valence-corrected chi connectivity index (χ2v) is 6.43. The Morgan fingerprint density at radius 2 is 1.96 bits per heavy atom. The largest absolute Gasteiger partial charge is 0.497 e. The number of aliphatic carboxylic acids is 1. The smallest absolute Gasteiger partial charge is 0.325 e. The zero-order valence-electron chi connectivity index (χ0n) is 15.0. The van der Waals surface area contributed by atoms with Crippen molar-refractivity contribution in [1.82, 2.24) is 9.80 Å². The first kappa shape index (κ1) is 18.8. The highest BCUT2D eigenvalue weighted by Gasteiger charge is 2.33. The summed E-state index contributed by atoms with van der Waals surface area (Å²) in [7, 11) is 1.52. The number of carbonyl (C=O) groups excluding carboxylic acids is 1. The molecule has 1 aliphatic heterocycles. The fourth-order valence-electron chi connectivity index (χ4n) is 3.25. The summed E-state index contributed by atoms with van der Waals surface area (Å²) < 4.78 is 18.2. The molecule has 0 radical (unpaired) electrons. The monoisotopic (exact) mass is 372 g/mol. The maximum absolute atomic E-state index is 13.0. The molecule has 1 heterocycles. The van der Waals surface area contributed by atoms with E-state index in [0.29, 0.717) is 30.9 Å². The first-order valence-electron chi connectivity index (χ1n) is 8.61. The van der Waals surface area contributed by atoms with Gasteiger partial charge in [0.2, 0.25) is 5.91 Å². The van der Waals surface area contributed by atoms with Crippen LogP contribution in [0.5, 0.6) is 5.75 Å². The molecule has 1 amide bonds. The Morgan fingerprint density at radius 3 is 2.59 bits per heavy atom. The van der Waals surface area contributed by atoms with E-state index in [-0.39, 0.29) is 18.3 Å². The molecule has 1 fully saturated rings. The Balaban J connectivity index is 1.71. The van der Waals surface area contributed by atoms with Crippen molar-refractivity contribution in [2.24, 2.45) is 0 Å². The van der Waals surface area contributed by atoms with Gasteiger partial charge in [0, 0.05) is 19.6 Å². The van der Waals surface area contributed by atoms with E-state index in [4.69, 9.17) is 4.74 Å². The molecule has 0 spiro atoms. The molecule has 1 saturated heterocycles. The number of hydrogen-bond donors (Lipinski definition) is 1. The minimum Gasteiger partial charge on any atom is -0.497 e. The molecular weight excluding hydrogens is 351 g/mol. The molecule has 6 nitrogen and oxygen atoms in total. The third-order valence-electron chi connectivity index (χ3n) is 4.64. The fraction of sp³-hybridized carbons (Fsp3) is 0.300. The van der Waals surface area contributed by atoms with Gasteiger partial charge in [-0.1, -0.05) is 24.3 Å². The van der Waals surface area contributed by atoms with E-state index in [1.807, 2.05) is 0 Å². The van der Waals surface area contributed by atoms with Crippen LogP contribution in [0.25, 0.3) is 0 Å². The number of halogens is 1. The molecule has 1 atom stereocenters. The third kappa shape index (κ3) is 4.43. The van der Waals surface area contributed by atoms with E-state index >= 15 is 0 Å². The Morgan fingerprint density at radius 1 is 1.22 bits per heavy atom. The summed E-state index contributed by atoms with van der Waals surface area (Å²) in [6.45, 7) is 1.23. The van der Waals surface area contributed by atoms with Crippen LogP contribution in [-0.4, -0.2) is 53.5 Å². The second kappa shape index (κ2) is 8.18. The number of piperazine rings is 1. The average molecular weight is 372 g/mol. The maximum Gasteiger partial charge on any atom is 0.325 e. The van der Waals surface area contributed by atoms with Crippen LogP contribution < -0.4 is 4.74 Å². The third-order valence-corrected chi connectivity index (χ3v) is 4.64. The summed E-state index contributed by atoms with van der Waals surface area (Å²) in [5.74, 6) is -0.916. The minimum absolute atomic E-state index is 0.00930. The van der Waals surface area contributed by atoms with Crippen molar-refractivity contribution in [3.63, 3.8) is 0 Å². The zero-order valence-corrected chi connectivity index (χ0v) is 15.0. The van der Waals surface area contributed by atoms with E-state index in [1.54, 1.807) is 46.2 Å². The second-order valence-electron chi connectivity index (χ2n) is 6.43.